The summed E-state index contributed by atoms with van der Waals surface area (Å²) < 4.78 is 24.0. The van der Waals surface area contributed by atoms with Crippen LogP contribution in [0.2, 0.25) is 0 Å². The lowest BCUT2D eigenvalue weighted by atomic mass is 10.1. The first-order chi connectivity index (χ1) is 8.41. The quantitative estimate of drug-likeness (QED) is 0.742. The van der Waals surface area contributed by atoms with Gasteiger partial charge < -0.3 is 10.0 Å². The van der Waals surface area contributed by atoms with Gasteiger partial charge in [-0.25, -0.2) is 8.42 Å². The van der Waals surface area contributed by atoms with Gasteiger partial charge >= 0.3 is 5.97 Å². The van der Waals surface area contributed by atoms with E-state index in [-0.39, 0.29) is 17.9 Å². The van der Waals surface area contributed by atoms with E-state index in [0.717, 1.165) is 38.8 Å². The van der Waals surface area contributed by atoms with Crippen molar-refractivity contribution < 1.29 is 18.3 Å². The molecule has 0 unspecified atom stereocenters. The third kappa shape index (κ3) is 3.95. The topological polar surface area (TPSA) is 74.7 Å². The Balaban J connectivity index is 1.81. The number of hydrogen-bond acceptors (Lipinski definition) is 4. The standard InChI is InChI=1S/C12H21NO4S/c14-11(15)9-12(3-4-12)10-18(16,17)8-7-13-5-1-2-6-13/h1-10H2,(H,14,15). The molecular weight excluding hydrogens is 254 g/mol. The predicted molar refractivity (Wildman–Crippen MR) is 68.2 cm³/mol. The highest BCUT2D eigenvalue weighted by atomic mass is 32.2. The lowest BCUT2D eigenvalue weighted by molar-refractivity contribution is -0.138. The van der Waals surface area contributed by atoms with Crippen molar-refractivity contribution in [3.63, 3.8) is 0 Å². The molecule has 0 radical (unpaired) electrons. The highest BCUT2D eigenvalue weighted by Crippen LogP contribution is 2.49. The van der Waals surface area contributed by atoms with Crippen LogP contribution in [0.25, 0.3) is 0 Å². The van der Waals surface area contributed by atoms with Gasteiger partial charge in [-0.3, -0.25) is 4.79 Å². The fourth-order valence-electron chi connectivity index (χ4n) is 2.68. The Hall–Kier alpha value is -0.620. The van der Waals surface area contributed by atoms with Crippen LogP contribution in [0.4, 0.5) is 0 Å². The van der Waals surface area contributed by atoms with Gasteiger partial charge in [0.15, 0.2) is 9.84 Å². The minimum Gasteiger partial charge on any atom is -0.481 e. The third-order valence-electron chi connectivity index (χ3n) is 3.93. The van der Waals surface area contributed by atoms with Crippen LogP contribution in [0.5, 0.6) is 0 Å². The Kier molecular flexibility index (Phi) is 3.96. The van der Waals surface area contributed by atoms with Crippen LogP contribution in [0.15, 0.2) is 0 Å². The van der Waals surface area contributed by atoms with E-state index in [9.17, 15) is 13.2 Å². The van der Waals surface area contributed by atoms with Crippen molar-refractivity contribution in [2.45, 2.75) is 32.1 Å². The summed E-state index contributed by atoms with van der Waals surface area (Å²) in [6.45, 7) is 2.59. The van der Waals surface area contributed by atoms with E-state index in [1.54, 1.807) is 0 Å². The molecule has 1 saturated heterocycles. The Labute approximate surface area is 108 Å². The van der Waals surface area contributed by atoms with Gasteiger partial charge in [0.2, 0.25) is 0 Å². The van der Waals surface area contributed by atoms with E-state index in [1.165, 1.54) is 0 Å². The van der Waals surface area contributed by atoms with Crippen LogP contribution in [0.3, 0.4) is 0 Å². The monoisotopic (exact) mass is 275 g/mol. The number of aliphatic carboxylic acids is 1. The lowest BCUT2D eigenvalue weighted by Crippen LogP contribution is -2.30. The van der Waals surface area contributed by atoms with Gasteiger partial charge in [0.1, 0.15) is 0 Å². The van der Waals surface area contributed by atoms with Gasteiger partial charge in [0, 0.05) is 6.54 Å². The normalized spacial score (nSPS) is 23.1. The van der Waals surface area contributed by atoms with Crippen LogP contribution < -0.4 is 0 Å². The smallest absolute Gasteiger partial charge is 0.303 e. The molecule has 6 heteroatoms. The van der Waals surface area contributed by atoms with Crippen molar-refractivity contribution in [3.8, 4) is 0 Å². The molecule has 1 heterocycles. The number of carboxylic acid groups (broad SMARTS) is 1. The number of rotatable bonds is 7. The maximum atomic E-state index is 12.0. The summed E-state index contributed by atoms with van der Waals surface area (Å²) in [6, 6.07) is 0. The van der Waals surface area contributed by atoms with Crippen LogP contribution in [-0.4, -0.2) is 55.5 Å². The van der Waals surface area contributed by atoms with Crippen molar-refractivity contribution in [3.05, 3.63) is 0 Å². The Morgan fingerprint density at radius 1 is 1.22 bits per heavy atom. The first kappa shape index (κ1) is 13.8. The van der Waals surface area contributed by atoms with E-state index in [1.807, 2.05) is 0 Å². The second-order valence-electron chi connectivity index (χ2n) is 5.71. The van der Waals surface area contributed by atoms with Gasteiger partial charge in [-0.15, -0.1) is 0 Å². The molecule has 18 heavy (non-hydrogen) atoms. The van der Waals surface area contributed by atoms with E-state index in [0.29, 0.717) is 6.54 Å². The summed E-state index contributed by atoms with van der Waals surface area (Å²) in [4.78, 5) is 12.9. The van der Waals surface area contributed by atoms with Crippen molar-refractivity contribution in [2.24, 2.45) is 5.41 Å². The summed E-state index contributed by atoms with van der Waals surface area (Å²) in [6.07, 6.45) is 3.78. The molecule has 104 valence electrons. The molecule has 1 aliphatic carbocycles. The fraction of sp³-hybridized carbons (Fsp3) is 0.917. The number of likely N-dealkylation sites (tertiary alicyclic amines) is 1. The molecular formula is C12H21NO4S. The number of nitrogens with zero attached hydrogens (tertiary/aromatic N) is 1. The SMILES string of the molecule is O=C(O)CC1(CS(=O)(=O)CCN2CCCC2)CC1. The molecule has 0 spiro atoms. The molecule has 2 aliphatic rings. The zero-order valence-electron chi connectivity index (χ0n) is 10.6. The summed E-state index contributed by atoms with van der Waals surface area (Å²) in [7, 11) is -3.11. The van der Waals surface area contributed by atoms with Gasteiger partial charge in [-0.05, 0) is 44.2 Å². The van der Waals surface area contributed by atoms with Crippen LogP contribution >= 0.6 is 0 Å². The highest BCUT2D eigenvalue weighted by Gasteiger charge is 2.47. The van der Waals surface area contributed by atoms with Gasteiger partial charge in [-0.2, -0.15) is 0 Å². The van der Waals surface area contributed by atoms with Crippen molar-refractivity contribution in [1.82, 2.24) is 4.90 Å². The summed E-state index contributed by atoms with van der Waals surface area (Å²) in [5.41, 5.74) is -0.449. The number of hydrogen-bond donors (Lipinski definition) is 1. The van der Waals surface area contributed by atoms with Crippen LogP contribution in [0, 0.1) is 5.41 Å². The summed E-state index contributed by atoms with van der Waals surface area (Å²) >= 11 is 0. The van der Waals surface area contributed by atoms with Crippen molar-refractivity contribution >= 4 is 15.8 Å². The molecule has 0 atom stereocenters. The highest BCUT2D eigenvalue weighted by molar-refractivity contribution is 7.91. The molecule has 2 fully saturated rings. The second kappa shape index (κ2) is 5.17. The Morgan fingerprint density at radius 2 is 1.83 bits per heavy atom. The maximum absolute atomic E-state index is 12.0. The predicted octanol–water partition coefficient (Wildman–Crippen LogP) is 0.752. The molecule has 0 amide bonds. The average molecular weight is 275 g/mol. The first-order valence-electron chi connectivity index (χ1n) is 6.55. The van der Waals surface area contributed by atoms with Crippen molar-refractivity contribution in [2.75, 3.05) is 31.1 Å². The molecule has 0 aromatic heterocycles. The van der Waals surface area contributed by atoms with E-state index in [2.05, 4.69) is 4.90 Å². The second-order valence-corrected chi connectivity index (χ2v) is 7.90. The number of carboxylic acids is 1. The van der Waals surface area contributed by atoms with E-state index in [4.69, 9.17) is 5.11 Å². The van der Waals surface area contributed by atoms with Crippen LogP contribution in [0.1, 0.15) is 32.1 Å². The zero-order valence-corrected chi connectivity index (χ0v) is 11.4. The van der Waals surface area contributed by atoms with Gasteiger partial charge in [0.25, 0.3) is 0 Å². The average Bonchev–Trinajstić information content (AvgIpc) is 2.81. The maximum Gasteiger partial charge on any atom is 0.303 e. The zero-order chi connectivity index (χ0) is 13.2. The third-order valence-corrected chi connectivity index (χ3v) is 5.78. The largest absolute Gasteiger partial charge is 0.481 e. The fourth-order valence-corrected chi connectivity index (χ4v) is 4.69. The van der Waals surface area contributed by atoms with Gasteiger partial charge in [0.05, 0.1) is 17.9 Å². The van der Waals surface area contributed by atoms with E-state index >= 15 is 0 Å². The molecule has 0 aromatic rings. The number of carbonyl (C=O) groups is 1. The molecule has 5 nitrogen and oxygen atoms in total. The molecule has 2 rings (SSSR count). The summed E-state index contributed by atoms with van der Waals surface area (Å²) in [5.74, 6) is -0.656. The van der Waals surface area contributed by atoms with Gasteiger partial charge in [-0.1, -0.05) is 0 Å². The minimum absolute atomic E-state index is 0.00402. The van der Waals surface area contributed by atoms with E-state index < -0.39 is 21.2 Å². The van der Waals surface area contributed by atoms with Crippen molar-refractivity contribution in [1.29, 1.82) is 0 Å². The molecule has 1 saturated carbocycles. The molecule has 1 N–H and O–H groups in total. The Bertz CT molecular complexity index is 408. The Morgan fingerprint density at radius 3 is 2.33 bits per heavy atom. The van der Waals surface area contributed by atoms with Crippen LogP contribution in [-0.2, 0) is 14.6 Å². The summed E-state index contributed by atoms with van der Waals surface area (Å²) in [5, 5.41) is 8.79. The molecule has 0 aromatic carbocycles. The molecule has 0 bridgehead atoms. The minimum atomic E-state index is -3.11. The first-order valence-corrected chi connectivity index (χ1v) is 8.38. The number of sulfone groups is 1. The molecule has 1 aliphatic heterocycles. The lowest BCUT2D eigenvalue weighted by Gasteiger charge is -2.17.